The number of hydrogen-bond acceptors (Lipinski definition) is 5. The highest BCUT2D eigenvalue weighted by molar-refractivity contribution is 6.02. The van der Waals surface area contributed by atoms with Crippen molar-refractivity contribution < 1.29 is 24.2 Å². The van der Waals surface area contributed by atoms with Gasteiger partial charge >= 0.3 is 0 Å². The number of hydrogen-bond donors (Lipinski definition) is 3. The maximum absolute atomic E-state index is 12.4. The molecule has 0 aliphatic carbocycles. The molecule has 1 aliphatic rings. The molecule has 0 saturated carbocycles. The monoisotopic (exact) mass is 384 g/mol. The Hall–Kier alpha value is -3.06. The van der Waals surface area contributed by atoms with Gasteiger partial charge in [-0.05, 0) is 36.8 Å². The maximum Gasteiger partial charge on any atom is 0.254 e. The molecular weight excluding hydrogens is 360 g/mol. The predicted octanol–water partition coefficient (Wildman–Crippen LogP) is 1.69. The summed E-state index contributed by atoms with van der Waals surface area (Å²) in [5.41, 5.74) is 2.20. The summed E-state index contributed by atoms with van der Waals surface area (Å²) in [5, 5.41) is 15.2. The molecule has 0 saturated heterocycles. The van der Waals surface area contributed by atoms with E-state index in [0.717, 1.165) is 5.56 Å². The zero-order valence-corrected chi connectivity index (χ0v) is 16.1. The number of fused-ring (bicyclic) bond motifs is 1. The summed E-state index contributed by atoms with van der Waals surface area (Å²) >= 11 is 0. The molecule has 0 fully saturated rings. The minimum atomic E-state index is -0.574. The van der Waals surface area contributed by atoms with E-state index in [1.165, 1.54) is 13.1 Å². The van der Waals surface area contributed by atoms with Crippen LogP contribution in [0.3, 0.4) is 0 Å². The van der Waals surface area contributed by atoms with E-state index in [1.807, 2.05) is 31.2 Å². The fourth-order valence-corrected chi connectivity index (χ4v) is 3.50. The molecule has 2 aromatic rings. The van der Waals surface area contributed by atoms with Gasteiger partial charge in [-0.25, -0.2) is 0 Å². The van der Waals surface area contributed by atoms with E-state index < -0.39 is 6.10 Å². The van der Waals surface area contributed by atoms with Gasteiger partial charge in [0.2, 0.25) is 0 Å². The Morgan fingerprint density at radius 1 is 1.21 bits per heavy atom. The van der Waals surface area contributed by atoms with E-state index in [4.69, 9.17) is 9.47 Å². The van der Waals surface area contributed by atoms with Crippen LogP contribution in [0.4, 0.5) is 0 Å². The van der Waals surface area contributed by atoms with Crippen molar-refractivity contribution in [3.63, 3.8) is 0 Å². The Kier molecular flexibility index (Phi) is 5.84. The first-order valence-electron chi connectivity index (χ1n) is 9.13. The molecule has 0 spiro atoms. The third-order valence-corrected chi connectivity index (χ3v) is 4.80. The third-order valence-electron chi connectivity index (χ3n) is 4.80. The number of rotatable bonds is 6. The molecule has 3 rings (SSSR count). The lowest BCUT2D eigenvalue weighted by molar-refractivity contribution is 0.0947. The van der Waals surface area contributed by atoms with Crippen LogP contribution in [0.25, 0.3) is 0 Å². The van der Waals surface area contributed by atoms with Gasteiger partial charge in [-0.2, -0.15) is 0 Å². The van der Waals surface area contributed by atoms with E-state index in [1.54, 1.807) is 13.2 Å². The minimum absolute atomic E-state index is 0.236. The molecule has 0 bridgehead atoms. The van der Waals surface area contributed by atoms with Crippen LogP contribution in [0.1, 0.15) is 44.7 Å². The van der Waals surface area contributed by atoms with E-state index in [9.17, 15) is 14.7 Å². The molecule has 7 heteroatoms. The van der Waals surface area contributed by atoms with E-state index in [2.05, 4.69) is 10.6 Å². The first-order valence-corrected chi connectivity index (χ1v) is 9.13. The number of amides is 2. The Morgan fingerprint density at radius 2 is 2.00 bits per heavy atom. The van der Waals surface area contributed by atoms with E-state index in [-0.39, 0.29) is 29.9 Å². The third kappa shape index (κ3) is 3.53. The Labute approximate surface area is 163 Å². The average Bonchev–Trinajstić information content (AvgIpc) is 3.11. The predicted molar refractivity (Wildman–Crippen MR) is 104 cm³/mol. The van der Waals surface area contributed by atoms with Gasteiger partial charge in [0, 0.05) is 24.7 Å². The van der Waals surface area contributed by atoms with Crippen LogP contribution in [0.15, 0.2) is 36.4 Å². The van der Waals surface area contributed by atoms with Crippen molar-refractivity contribution in [1.29, 1.82) is 0 Å². The van der Waals surface area contributed by atoms with Crippen molar-refractivity contribution in [1.82, 2.24) is 10.6 Å². The standard InChI is InChI=1S/C21H24N2O5/c1-4-23-20(25)13-9-15-18(12-6-5-7-14(8-12)27-3)17(11-24)28-19(15)16(10-13)21(26)22-2/h5-10,17-18,24H,4,11H2,1-3H3,(H,22,26)(H,23,25)/t17-,18+/m1/s1. The summed E-state index contributed by atoms with van der Waals surface area (Å²) in [7, 11) is 3.10. The lowest BCUT2D eigenvalue weighted by atomic mass is 9.86. The van der Waals surface area contributed by atoms with Crippen LogP contribution in [0.5, 0.6) is 11.5 Å². The second-order valence-electron chi connectivity index (χ2n) is 6.47. The summed E-state index contributed by atoms with van der Waals surface area (Å²) in [5.74, 6) is 0.0962. The van der Waals surface area contributed by atoms with Crippen LogP contribution >= 0.6 is 0 Å². The van der Waals surface area contributed by atoms with Crippen LogP contribution in [0, 0.1) is 0 Å². The van der Waals surface area contributed by atoms with Crippen molar-refractivity contribution in [3.05, 3.63) is 58.7 Å². The summed E-state index contributed by atoms with van der Waals surface area (Å²) < 4.78 is 11.3. The van der Waals surface area contributed by atoms with Gasteiger partial charge in [0.1, 0.15) is 17.6 Å². The quantitative estimate of drug-likeness (QED) is 0.704. The van der Waals surface area contributed by atoms with Crippen LogP contribution in [-0.4, -0.2) is 50.3 Å². The fourth-order valence-electron chi connectivity index (χ4n) is 3.50. The topological polar surface area (TPSA) is 96.9 Å². The van der Waals surface area contributed by atoms with Gasteiger partial charge in [-0.3, -0.25) is 9.59 Å². The van der Waals surface area contributed by atoms with Gasteiger partial charge in [0.25, 0.3) is 11.8 Å². The van der Waals surface area contributed by atoms with Crippen molar-refractivity contribution in [3.8, 4) is 11.5 Å². The molecule has 28 heavy (non-hydrogen) atoms. The van der Waals surface area contributed by atoms with Crippen LogP contribution in [0.2, 0.25) is 0 Å². The number of ether oxygens (including phenoxy) is 2. The summed E-state index contributed by atoms with van der Waals surface area (Å²) in [6.45, 7) is 2.06. The van der Waals surface area contributed by atoms with Crippen molar-refractivity contribution in [2.75, 3.05) is 27.3 Å². The van der Waals surface area contributed by atoms with Gasteiger partial charge < -0.3 is 25.2 Å². The minimum Gasteiger partial charge on any atom is -0.497 e. The number of benzene rings is 2. The van der Waals surface area contributed by atoms with Crippen molar-refractivity contribution in [2.45, 2.75) is 18.9 Å². The molecule has 2 amide bonds. The van der Waals surface area contributed by atoms with Gasteiger partial charge in [-0.15, -0.1) is 0 Å². The Morgan fingerprint density at radius 3 is 2.64 bits per heavy atom. The number of carbonyl (C=O) groups excluding carboxylic acids is 2. The van der Waals surface area contributed by atoms with Gasteiger partial charge in [0.15, 0.2) is 0 Å². The number of aliphatic hydroxyl groups is 1. The maximum atomic E-state index is 12.4. The second-order valence-corrected chi connectivity index (χ2v) is 6.47. The zero-order valence-electron chi connectivity index (χ0n) is 16.1. The molecule has 0 aromatic heterocycles. The highest BCUT2D eigenvalue weighted by Crippen LogP contribution is 2.45. The summed E-state index contributed by atoms with van der Waals surface area (Å²) in [6.07, 6.45) is -0.574. The highest BCUT2D eigenvalue weighted by atomic mass is 16.5. The Balaban J connectivity index is 2.19. The number of carbonyl (C=O) groups is 2. The lowest BCUT2D eigenvalue weighted by Crippen LogP contribution is -2.24. The largest absolute Gasteiger partial charge is 0.497 e. The first kappa shape index (κ1) is 19.7. The van der Waals surface area contributed by atoms with E-state index >= 15 is 0 Å². The first-order chi connectivity index (χ1) is 13.5. The molecule has 2 atom stereocenters. The molecule has 148 valence electrons. The normalized spacial score (nSPS) is 17.4. The molecule has 1 aliphatic heterocycles. The second kappa shape index (κ2) is 8.31. The number of aliphatic hydroxyl groups excluding tert-OH is 1. The summed E-state index contributed by atoms with van der Waals surface area (Å²) in [6, 6.07) is 10.7. The molecule has 0 unspecified atom stereocenters. The molecule has 3 N–H and O–H groups in total. The smallest absolute Gasteiger partial charge is 0.254 e. The van der Waals surface area contributed by atoms with Gasteiger partial charge in [-0.1, -0.05) is 12.1 Å². The lowest BCUT2D eigenvalue weighted by Gasteiger charge is -2.18. The molecule has 7 nitrogen and oxygen atoms in total. The highest BCUT2D eigenvalue weighted by Gasteiger charge is 2.38. The van der Waals surface area contributed by atoms with Crippen molar-refractivity contribution >= 4 is 11.8 Å². The molecular formula is C21H24N2O5. The zero-order chi connectivity index (χ0) is 20.3. The summed E-state index contributed by atoms with van der Waals surface area (Å²) in [4.78, 5) is 24.9. The molecule has 1 heterocycles. The van der Waals surface area contributed by atoms with Crippen LogP contribution in [-0.2, 0) is 0 Å². The average molecular weight is 384 g/mol. The van der Waals surface area contributed by atoms with Gasteiger partial charge in [0.05, 0.1) is 25.2 Å². The Bertz CT molecular complexity index is 896. The SMILES string of the molecule is CCNC(=O)c1cc(C(=O)NC)c2c(c1)[C@H](c1cccc(OC)c1)[C@@H](CO)O2. The number of methoxy groups -OCH3 is 1. The molecule has 0 radical (unpaired) electrons. The fraction of sp³-hybridized carbons (Fsp3) is 0.333. The van der Waals surface area contributed by atoms with E-state index in [0.29, 0.717) is 29.2 Å². The molecule has 2 aromatic carbocycles. The van der Waals surface area contributed by atoms with Crippen LogP contribution < -0.4 is 20.1 Å². The van der Waals surface area contributed by atoms with Crippen molar-refractivity contribution in [2.24, 2.45) is 0 Å². The number of nitrogens with one attached hydrogen (secondary N) is 2.